The summed E-state index contributed by atoms with van der Waals surface area (Å²) in [6.45, 7) is 4.58. The van der Waals surface area contributed by atoms with Crippen LogP contribution in [-0.2, 0) is 0 Å². The van der Waals surface area contributed by atoms with Crippen molar-refractivity contribution in [1.82, 2.24) is 0 Å². The second-order valence-electron chi connectivity index (χ2n) is 4.48. The van der Waals surface area contributed by atoms with Gasteiger partial charge in [-0.15, -0.1) is 0 Å². The molecule has 0 aliphatic carbocycles. The van der Waals surface area contributed by atoms with Gasteiger partial charge in [0.15, 0.2) is 11.4 Å². The lowest BCUT2D eigenvalue weighted by Gasteiger charge is -2.13. The van der Waals surface area contributed by atoms with Crippen LogP contribution in [-0.4, -0.2) is 11.4 Å². The zero-order valence-electron chi connectivity index (χ0n) is 10.6. The van der Waals surface area contributed by atoms with E-state index in [2.05, 4.69) is 24.2 Å². The van der Waals surface area contributed by atoms with E-state index in [0.29, 0.717) is 6.73 Å². The van der Waals surface area contributed by atoms with E-state index in [1.165, 1.54) is 5.56 Å². The van der Waals surface area contributed by atoms with E-state index in [-0.39, 0.29) is 0 Å². The number of ether oxygens (including phenoxy) is 1. The molecule has 0 saturated heterocycles. The van der Waals surface area contributed by atoms with E-state index in [1.54, 1.807) is 0 Å². The predicted molar refractivity (Wildman–Crippen MR) is 69.9 cm³/mol. The Morgan fingerprint density at radius 1 is 1.00 bits per heavy atom. The number of rotatable bonds is 1. The highest BCUT2D eigenvalue weighted by Gasteiger charge is 2.23. The number of aryl methyl sites for hydroxylation is 2. The molecule has 0 aromatic heterocycles. The van der Waals surface area contributed by atoms with Gasteiger partial charge in [-0.1, -0.05) is 30.3 Å². The van der Waals surface area contributed by atoms with Crippen molar-refractivity contribution in [2.24, 2.45) is 5.11 Å². The van der Waals surface area contributed by atoms with Crippen molar-refractivity contribution in [2.75, 3.05) is 6.73 Å². The summed E-state index contributed by atoms with van der Waals surface area (Å²) < 4.78 is 7.71. The number of nitrogens with zero attached hydrogens (tertiary/aromatic N) is 2. The number of hydrogen-bond acceptors (Lipinski definition) is 2. The summed E-state index contributed by atoms with van der Waals surface area (Å²) in [5, 5.41) is 4.65. The zero-order chi connectivity index (χ0) is 12.5. The fraction of sp³-hybridized carbons (Fsp3) is 0.200. The van der Waals surface area contributed by atoms with Crippen LogP contribution in [0.2, 0.25) is 0 Å². The third kappa shape index (κ3) is 1.78. The number of para-hydroxylation sites is 2. The molecule has 0 bridgehead atoms. The fourth-order valence-corrected chi connectivity index (χ4v) is 2.16. The van der Waals surface area contributed by atoms with E-state index in [0.717, 1.165) is 22.7 Å². The van der Waals surface area contributed by atoms with Crippen LogP contribution >= 0.6 is 0 Å². The molecule has 0 radical (unpaired) electrons. The maximum absolute atomic E-state index is 5.81. The third-order valence-corrected chi connectivity index (χ3v) is 3.14. The summed E-state index contributed by atoms with van der Waals surface area (Å²) in [6, 6.07) is 14.2. The molecule has 0 atom stereocenters. The highest BCUT2D eigenvalue weighted by atomic mass is 16.5. The normalized spacial score (nSPS) is 13.6. The Labute approximate surface area is 106 Å². The van der Waals surface area contributed by atoms with E-state index in [9.17, 15) is 0 Å². The van der Waals surface area contributed by atoms with Gasteiger partial charge in [-0.05, 0) is 30.2 Å². The number of hydrogen-bond donors (Lipinski definition) is 0. The molecule has 2 aromatic carbocycles. The minimum Gasteiger partial charge on any atom is -0.431 e. The van der Waals surface area contributed by atoms with Crippen LogP contribution in [0.5, 0.6) is 5.75 Å². The Hall–Kier alpha value is -2.16. The standard InChI is InChI=1S/C15H15N2O/c1-11-6-3-4-9-14(11)17-10-18-15-12(2)7-5-8-13(15)16-17/h3-9H,10H2,1-2H3/q+1. The Morgan fingerprint density at radius 2 is 1.78 bits per heavy atom. The topological polar surface area (TPSA) is 24.6 Å². The van der Waals surface area contributed by atoms with Crippen LogP contribution in [0, 0.1) is 13.8 Å². The largest absolute Gasteiger partial charge is 0.431 e. The maximum atomic E-state index is 5.81. The summed E-state index contributed by atoms with van der Waals surface area (Å²) in [6.07, 6.45) is 0. The lowest BCUT2D eigenvalue weighted by atomic mass is 10.2. The van der Waals surface area contributed by atoms with Crippen molar-refractivity contribution in [3.63, 3.8) is 0 Å². The highest BCUT2D eigenvalue weighted by Crippen LogP contribution is 2.35. The number of fused-ring (bicyclic) bond motifs is 1. The van der Waals surface area contributed by atoms with Crippen molar-refractivity contribution in [3.8, 4) is 5.75 Å². The molecule has 0 saturated carbocycles. The Morgan fingerprint density at radius 3 is 2.61 bits per heavy atom. The van der Waals surface area contributed by atoms with Crippen molar-refractivity contribution in [3.05, 3.63) is 53.6 Å². The molecule has 0 amide bonds. The van der Waals surface area contributed by atoms with E-state index >= 15 is 0 Å². The Balaban J connectivity index is 2.10. The van der Waals surface area contributed by atoms with Crippen LogP contribution in [0.3, 0.4) is 0 Å². The molecule has 18 heavy (non-hydrogen) atoms. The lowest BCUT2D eigenvalue weighted by molar-refractivity contribution is -0.545. The molecule has 1 aliphatic rings. The van der Waals surface area contributed by atoms with Crippen LogP contribution in [0.15, 0.2) is 47.6 Å². The molecule has 0 unspecified atom stereocenters. The molecule has 2 aromatic rings. The van der Waals surface area contributed by atoms with Crippen LogP contribution in [0.25, 0.3) is 0 Å². The second kappa shape index (κ2) is 4.26. The van der Waals surface area contributed by atoms with Gasteiger partial charge in [-0.2, -0.15) is 0 Å². The molecule has 1 heterocycles. The molecular formula is C15H15N2O+. The van der Waals surface area contributed by atoms with Crippen LogP contribution in [0.1, 0.15) is 11.1 Å². The fourth-order valence-electron chi connectivity index (χ4n) is 2.16. The zero-order valence-corrected chi connectivity index (χ0v) is 10.6. The summed E-state index contributed by atoms with van der Waals surface area (Å²) in [7, 11) is 0. The van der Waals surface area contributed by atoms with E-state index < -0.39 is 0 Å². The van der Waals surface area contributed by atoms with Crippen molar-refractivity contribution in [2.45, 2.75) is 13.8 Å². The van der Waals surface area contributed by atoms with Crippen molar-refractivity contribution < 1.29 is 9.43 Å². The van der Waals surface area contributed by atoms with Crippen molar-refractivity contribution >= 4 is 11.4 Å². The average molecular weight is 239 g/mol. The SMILES string of the molecule is Cc1ccccc1[N+]1=Nc2cccc(C)c2OC1. The van der Waals surface area contributed by atoms with Gasteiger partial charge in [0.1, 0.15) is 0 Å². The predicted octanol–water partition coefficient (Wildman–Crippen LogP) is 4.08. The summed E-state index contributed by atoms with van der Waals surface area (Å²) in [5.74, 6) is 0.891. The first-order valence-corrected chi connectivity index (χ1v) is 6.03. The minimum absolute atomic E-state index is 0.461. The van der Waals surface area contributed by atoms with Crippen LogP contribution in [0.4, 0.5) is 11.4 Å². The summed E-state index contributed by atoms with van der Waals surface area (Å²) in [5.41, 5.74) is 4.30. The Kier molecular flexibility index (Phi) is 2.59. The van der Waals surface area contributed by atoms with E-state index in [4.69, 9.17) is 4.74 Å². The second-order valence-corrected chi connectivity index (χ2v) is 4.48. The van der Waals surface area contributed by atoms with Gasteiger partial charge < -0.3 is 4.74 Å². The van der Waals surface area contributed by atoms with E-state index in [1.807, 2.05) is 42.0 Å². The first-order chi connectivity index (χ1) is 8.75. The molecule has 90 valence electrons. The molecule has 0 N–H and O–H groups in total. The van der Waals surface area contributed by atoms with Gasteiger partial charge >= 0.3 is 6.73 Å². The minimum atomic E-state index is 0.461. The Bertz CT molecular complexity index is 632. The van der Waals surface area contributed by atoms with Gasteiger partial charge in [0, 0.05) is 16.7 Å². The molecule has 1 aliphatic heterocycles. The van der Waals surface area contributed by atoms with Gasteiger partial charge in [-0.25, -0.2) is 0 Å². The molecule has 3 heteroatoms. The first-order valence-electron chi connectivity index (χ1n) is 6.03. The summed E-state index contributed by atoms with van der Waals surface area (Å²) >= 11 is 0. The molecular weight excluding hydrogens is 224 g/mol. The van der Waals surface area contributed by atoms with Gasteiger partial charge in [-0.3, -0.25) is 0 Å². The maximum Gasteiger partial charge on any atom is 0.317 e. The van der Waals surface area contributed by atoms with Gasteiger partial charge in [0.25, 0.3) is 0 Å². The lowest BCUT2D eigenvalue weighted by Crippen LogP contribution is -2.16. The molecule has 3 rings (SSSR count). The summed E-state index contributed by atoms with van der Waals surface area (Å²) in [4.78, 5) is 0. The van der Waals surface area contributed by atoms with Crippen molar-refractivity contribution in [1.29, 1.82) is 0 Å². The number of azo groups is 2. The molecule has 3 nitrogen and oxygen atoms in total. The average Bonchev–Trinajstić information content (AvgIpc) is 2.39. The monoisotopic (exact) mass is 239 g/mol. The molecule has 0 fully saturated rings. The quantitative estimate of drug-likeness (QED) is 0.688. The van der Waals surface area contributed by atoms with Gasteiger partial charge in [0.05, 0.1) is 0 Å². The first kappa shape index (κ1) is 11.0. The highest BCUT2D eigenvalue weighted by molar-refractivity contribution is 5.55. The van der Waals surface area contributed by atoms with Gasteiger partial charge in [0.2, 0.25) is 5.69 Å². The molecule has 0 spiro atoms. The third-order valence-electron chi connectivity index (χ3n) is 3.14. The smallest absolute Gasteiger partial charge is 0.317 e. The van der Waals surface area contributed by atoms with Crippen LogP contribution < -0.4 is 4.74 Å². The number of benzene rings is 2.